The summed E-state index contributed by atoms with van der Waals surface area (Å²) < 4.78 is 2.10. The second kappa shape index (κ2) is 4.93. The average molecular weight is 284 g/mol. The number of nitrogens with zero attached hydrogens (tertiary/aromatic N) is 4. The van der Waals surface area contributed by atoms with Crippen molar-refractivity contribution in [1.29, 1.82) is 0 Å². The minimum Gasteiger partial charge on any atom is -0.387 e. The van der Waals surface area contributed by atoms with Crippen LogP contribution in [0.15, 0.2) is 30.6 Å². The van der Waals surface area contributed by atoms with Gasteiger partial charge in [0, 0.05) is 19.1 Å². The third kappa shape index (κ3) is 2.08. The Morgan fingerprint density at radius 1 is 1.19 bits per heavy atom. The molecule has 2 heterocycles. The first-order valence-corrected chi connectivity index (χ1v) is 7.61. The van der Waals surface area contributed by atoms with E-state index in [0.717, 1.165) is 37.4 Å². The first-order chi connectivity index (χ1) is 10.2. The largest absolute Gasteiger partial charge is 0.387 e. The van der Waals surface area contributed by atoms with Crippen molar-refractivity contribution in [2.24, 2.45) is 0 Å². The van der Waals surface area contributed by atoms with Crippen molar-refractivity contribution in [3.8, 4) is 0 Å². The Bertz CT molecular complexity index is 653. The monoisotopic (exact) mass is 284 g/mol. The lowest BCUT2D eigenvalue weighted by molar-refractivity contribution is 0.0163. The van der Waals surface area contributed by atoms with Crippen molar-refractivity contribution in [1.82, 2.24) is 19.7 Å². The lowest BCUT2D eigenvalue weighted by atomic mass is 9.78. The second-order valence-electron chi connectivity index (χ2n) is 6.19. The molecule has 2 aliphatic rings. The zero-order chi connectivity index (χ0) is 14.4. The summed E-state index contributed by atoms with van der Waals surface area (Å²) >= 11 is 0. The Kier molecular flexibility index (Phi) is 3.05. The summed E-state index contributed by atoms with van der Waals surface area (Å²) in [6.07, 6.45) is 2.38. The van der Waals surface area contributed by atoms with Crippen LogP contribution in [0.2, 0.25) is 0 Å². The molecule has 0 fully saturated rings. The van der Waals surface area contributed by atoms with E-state index in [1.807, 2.05) is 6.07 Å². The maximum absolute atomic E-state index is 10.8. The van der Waals surface area contributed by atoms with Gasteiger partial charge in [-0.05, 0) is 23.5 Å². The van der Waals surface area contributed by atoms with Crippen molar-refractivity contribution < 1.29 is 5.11 Å². The molecule has 1 aliphatic heterocycles. The number of benzene rings is 1. The topological polar surface area (TPSA) is 54.2 Å². The summed E-state index contributed by atoms with van der Waals surface area (Å²) in [6.45, 7) is 4.88. The molecule has 1 N–H and O–H groups in total. The van der Waals surface area contributed by atoms with Gasteiger partial charge >= 0.3 is 0 Å². The third-order valence-electron chi connectivity index (χ3n) is 4.94. The summed E-state index contributed by atoms with van der Waals surface area (Å²) in [5, 5.41) is 19.0. The van der Waals surface area contributed by atoms with Gasteiger partial charge in [0.05, 0.1) is 12.6 Å². The second-order valence-corrected chi connectivity index (χ2v) is 6.19. The third-order valence-corrected chi connectivity index (χ3v) is 4.94. The van der Waals surface area contributed by atoms with E-state index in [2.05, 4.69) is 44.8 Å². The lowest BCUT2D eigenvalue weighted by Gasteiger charge is -2.42. The molecule has 4 rings (SSSR count). The molecule has 5 heteroatoms. The molecule has 3 atom stereocenters. The Balaban J connectivity index is 1.63. The number of fused-ring (bicyclic) bond motifs is 2. The Hall–Kier alpha value is -1.72. The average Bonchev–Trinajstić information content (AvgIpc) is 2.98. The van der Waals surface area contributed by atoms with Crippen LogP contribution >= 0.6 is 0 Å². The summed E-state index contributed by atoms with van der Waals surface area (Å²) in [4.78, 5) is 2.36. The highest BCUT2D eigenvalue weighted by atomic mass is 16.3. The number of hydrogen-bond donors (Lipinski definition) is 1. The molecule has 0 saturated heterocycles. The first-order valence-electron chi connectivity index (χ1n) is 7.61. The Morgan fingerprint density at radius 3 is 2.86 bits per heavy atom. The number of rotatable bonds is 1. The fourth-order valence-corrected chi connectivity index (χ4v) is 3.77. The molecular formula is C16H20N4O. The normalized spacial score (nSPS) is 29.0. The van der Waals surface area contributed by atoms with Gasteiger partial charge in [-0.3, -0.25) is 4.90 Å². The van der Waals surface area contributed by atoms with E-state index in [0.29, 0.717) is 5.92 Å². The molecule has 1 aromatic heterocycles. The fraction of sp³-hybridized carbons (Fsp3) is 0.500. The van der Waals surface area contributed by atoms with Gasteiger partial charge in [-0.15, -0.1) is 10.2 Å². The number of aliphatic hydroxyl groups is 1. The summed E-state index contributed by atoms with van der Waals surface area (Å²) in [7, 11) is 0. The SMILES string of the molecule is CC1CC(N2CCn3cnnc3C2)C(O)c2ccccc21. The minimum atomic E-state index is -0.410. The number of aliphatic hydroxyl groups excluding tert-OH is 1. The molecule has 2 aromatic rings. The predicted octanol–water partition coefficient (Wildman–Crippen LogP) is 1.70. The molecule has 21 heavy (non-hydrogen) atoms. The molecular weight excluding hydrogens is 264 g/mol. The Labute approximate surface area is 124 Å². The molecule has 0 saturated carbocycles. The van der Waals surface area contributed by atoms with Crippen LogP contribution in [0.5, 0.6) is 0 Å². The van der Waals surface area contributed by atoms with Crippen molar-refractivity contribution in [3.63, 3.8) is 0 Å². The molecule has 0 spiro atoms. The van der Waals surface area contributed by atoms with Crippen LogP contribution in [-0.2, 0) is 13.1 Å². The standard InChI is InChI=1S/C16H20N4O/c1-11-8-14(16(21)13-5-3-2-4-12(11)13)19-6-7-20-10-17-18-15(20)9-19/h2-5,10-11,14,16,21H,6-9H2,1H3. The van der Waals surface area contributed by atoms with E-state index in [4.69, 9.17) is 0 Å². The molecule has 0 radical (unpaired) electrons. The highest BCUT2D eigenvalue weighted by Crippen LogP contribution is 2.40. The summed E-state index contributed by atoms with van der Waals surface area (Å²) in [6, 6.07) is 8.46. The number of aromatic nitrogens is 3. The van der Waals surface area contributed by atoms with Crippen LogP contribution in [0, 0.1) is 0 Å². The predicted molar refractivity (Wildman–Crippen MR) is 78.7 cm³/mol. The van der Waals surface area contributed by atoms with E-state index in [1.165, 1.54) is 5.56 Å². The summed E-state index contributed by atoms with van der Waals surface area (Å²) in [5.41, 5.74) is 2.38. The van der Waals surface area contributed by atoms with E-state index in [9.17, 15) is 5.11 Å². The van der Waals surface area contributed by atoms with Crippen molar-refractivity contribution >= 4 is 0 Å². The van der Waals surface area contributed by atoms with Gasteiger partial charge < -0.3 is 9.67 Å². The maximum Gasteiger partial charge on any atom is 0.147 e. The molecule has 0 bridgehead atoms. The highest BCUT2D eigenvalue weighted by Gasteiger charge is 2.36. The molecule has 1 aliphatic carbocycles. The van der Waals surface area contributed by atoms with Crippen molar-refractivity contribution in [2.75, 3.05) is 6.54 Å². The van der Waals surface area contributed by atoms with Crippen LogP contribution < -0.4 is 0 Å². The smallest absolute Gasteiger partial charge is 0.147 e. The van der Waals surface area contributed by atoms with E-state index >= 15 is 0 Å². The van der Waals surface area contributed by atoms with Gasteiger partial charge in [-0.1, -0.05) is 31.2 Å². The van der Waals surface area contributed by atoms with Crippen LogP contribution in [-0.4, -0.2) is 37.4 Å². The minimum absolute atomic E-state index is 0.167. The van der Waals surface area contributed by atoms with E-state index < -0.39 is 6.10 Å². The molecule has 5 nitrogen and oxygen atoms in total. The molecule has 110 valence electrons. The van der Waals surface area contributed by atoms with Crippen LogP contribution in [0.4, 0.5) is 0 Å². The van der Waals surface area contributed by atoms with Crippen LogP contribution in [0.1, 0.15) is 42.3 Å². The van der Waals surface area contributed by atoms with Crippen molar-refractivity contribution in [2.45, 2.75) is 44.5 Å². The zero-order valence-corrected chi connectivity index (χ0v) is 12.2. The van der Waals surface area contributed by atoms with Crippen LogP contribution in [0.3, 0.4) is 0 Å². The van der Waals surface area contributed by atoms with Gasteiger partial charge in [0.1, 0.15) is 12.2 Å². The highest BCUT2D eigenvalue weighted by molar-refractivity contribution is 5.35. The fourth-order valence-electron chi connectivity index (χ4n) is 3.77. The first kappa shape index (κ1) is 13.0. The maximum atomic E-state index is 10.8. The number of hydrogen-bond acceptors (Lipinski definition) is 4. The quantitative estimate of drug-likeness (QED) is 0.866. The van der Waals surface area contributed by atoms with Gasteiger partial charge in [0.15, 0.2) is 0 Å². The van der Waals surface area contributed by atoms with E-state index in [1.54, 1.807) is 6.33 Å². The molecule has 0 amide bonds. The van der Waals surface area contributed by atoms with Gasteiger partial charge in [0.25, 0.3) is 0 Å². The lowest BCUT2D eigenvalue weighted by Crippen LogP contribution is -2.46. The zero-order valence-electron chi connectivity index (χ0n) is 12.2. The summed E-state index contributed by atoms with van der Waals surface area (Å²) in [5.74, 6) is 1.48. The van der Waals surface area contributed by atoms with Gasteiger partial charge in [-0.25, -0.2) is 0 Å². The molecule has 3 unspecified atom stereocenters. The van der Waals surface area contributed by atoms with Gasteiger partial charge in [0.2, 0.25) is 0 Å². The Morgan fingerprint density at radius 2 is 2.00 bits per heavy atom. The van der Waals surface area contributed by atoms with Gasteiger partial charge in [-0.2, -0.15) is 0 Å². The van der Waals surface area contributed by atoms with E-state index in [-0.39, 0.29) is 6.04 Å². The molecule has 1 aromatic carbocycles. The van der Waals surface area contributed by atoms with Crippen LogP contribution in [0.25, 0.3) is 0 Å². The van der Waals surface area contributed by atoms with Crippen molar-refractivity contribution in [3.05, 3.63) is 47.5 Å².